The van der Waals surface area contributed by atoms with Crippen LogP contribution in [0.4, 0.5) is 4.79 Å². The van der Waals surface area contributed by atoms with E-state index in [0.29, 0.717) is 12.8 Å². The highest BCUT2D eigenvalue weighted by molar-refractivity contribution is 7.89. The number of urea groups is 1. The van der Waals surface area contributed by atoms with Crippen LogP contribution < -0.4 is 10.7 Å². The predicted octanol–water partition coefficient (Wildman–Crippen LogP) is 0.287. The van der Waals surface area contributed by atoms with Crippen molar-refractivity contribution >= 4 is 27.9 Å². The Morgan fingerprint density at radius 2 is 1.81 bits per heavy atom. The number of rotatable bonds is 4. The van der Waals surface area contributed by atoms with Crippen LogP contribution in [0.1, 0.15) is 24.0 Å². The van der Waals surface area contributed by atoms with E-state index in [1.54, 1.807) is 18.2 Å². The smallest absolute Gasteiger partial charge is 0.275 e. The van der Waals surface area contributed by atoms with E-state index in [0.717, 1.165) is 16.1 Å². The molecule has 0 saturated carbocycles. The number of sulfonamides is 1. The molecule has 4 amide bonds. The van der Waals surface area contributed by atoms with Crippen molar-refractivity contribution in [1.29, 1.82) is 0 Å². The maximum Gasteiger partial charge on any atom is 0.343 e. The molecule has 0 aliphatic carbocycles. The van der Waals surface area contributed by atoms with E-state index >= 15 is 0 Å². The van der Waals surface area contributed by atoms with Gasteiger partial charge in [0.2, 0.25) is 21.8 Å². The number of carbonyl (C=O) groups is 3. The summed E-state index contributed by atoms with van der Waals surface area (Å²) in [7, 11) is -3.61. The lowest BCUT2D eigenvalue weighted by atomic mass is 9.97. The summed E-state index contributed by atoms with van der Waals surface area (Å²) in [5.41, 5.74) is 4.35. The largest absolute Gasteiger partial charge is 0.343 e. The first-order chi connectivity index (χ1) is 12.7. The first-order valence-electron chi connectivity index (χ1n) is 8.68. The molecule has 2 heterocycles. The van der Waals surface area contributed by atoms with Crippen LogP contribution in [0.5, 0.6) is 0 Å². The lowest BCUT2D eigenvalue weighted by Gasteiger charge is -2.31. The Kier molecular flexibility index (Phi) is 5.20. The first kappa shape index (κ1) is 19.3. The zero-order chi connectivity index (χ0) is 19.8. The highest BCUT2D eigenvalue weighted by atomic mass is 32.2. The van der Waals surface area contributed by atoms with E-state index < -0.39 is 27.9 Å². The Labute approximate surface area is 157 Å². The molecule has 1 aromatic rings. The van der Waals surface area contributed by atoms with Gasteiger partial charge in [-0.2, -0.15) is 4.31 Å². The standard InChI is InChI=1S/C17H22N4O5S/c1-11-3-4-14(9-12(11)2)27(25,26)20-7-5-13(6-8-20)16(23)19-21-10-15(22)18-17(21)24/h3-4,9,13H,5-8,10H2,1-2H3,(H,19,23)(H,18,22,24). The number of aryl methyl sites for hydroxylation is 2. The van der Waals surface area contributed by atoms with E-state index in [4.69, 9.17) is 0 Å². The zero-order valence-corrected chi connectivity index (χ0v) is 16.0. The predicted molar refractivity (Wildman–Crippen MR) is 95.8 cm³/mol. The molecule has 0 spiro atoms. The third-order valence-corrected chi connectivity index (χ3v) is 6.87. The number of benzene rings is 1. The van der Waals surface area contributed by atoms with Crippen molar-refractivity contribution in [2.75, 3.05) is 19.6 Å². The van der Waals surface area contributed by atoms with Crippen molar-refractivity contribution in [3.05, 3.63) is 29.3 Å². The minimum atomic E-state index is -3.61. The fraction of sp³-hybridized carbons (Fsp3) is 0.471. The summed E-state index contributed by atoms with van der Waals surface area (Å²) in [5, 5.41) is 3.01. The molecule has 2 saturated heterocycles. The Balaban J connectivity index is 1.61. The monoisotopic (exact) mass is 394 g/mol. The van der Waals surface area contributed by atoms with Gasteiger partial charge in [-0.25, -0.2) is 18.2 Å². The molecule has 0 unspecified atom stereocenters. The topological polar surface area (TPSA) is 116 Å². The second-order valence-corrected chi connectivity index (χ2v) is 8.78. The number of imide groups is 1. The van der Waals surface area contributed by atoms with Gasteiger partial charge in [0.05, 0.1) is 4.90 Å². The molecule has 9 nitrogen and oxygen atoms in total. The summed E-state index contributed by atoms with van der Waals surface area (Å²) >= 11 is 0. The zero-order valence-electron chi connectivity index (χ0n) is 15.2. The molecule has 0 atom stereocenters. The third kappa shape index (κ3) is 3.96. The first-order valence-corrected chi connectivity index (χ1v) is 10.1. The minimum absolute atomic E-state index is 0.218. The van der Waals surface area contributed by atoms with Crippen molar-refractivity contribution in [3.8, 4) is 0 Å². The lowest BCUT2D eigenvalue weighted by Crippen LogP contribution is -2.49. The molecule has 2 aliphatic rings. The molecule has 3 rings (SSSR count). The van der Waals surface area contributed by atoms with Crippen molar-refractivity contribution in [3.63, 3.8) is 0 Å². The molecule has 0 bridgehead atoms. The van der Waals surface area contributed by atoms with Crippen LogP contribution in [-0.4, -0.2) is 55.2 Å². The van der Waals surface area contributed by atoms with Gasteiger partial charge in [0.15, 0.2) is 0 Å². The van der Waals surface area contributed by atoms with Crippen LogP contribution in [0, 0.1) is 19.8 Å². The van der Waals surface area contributed by atoms with E-state index in [2.05, 4.69) is 10.7 Å². The summed E-state index contributed by atoms with van der Waals surface area (Å²) in [4.78, 5) is 35.2. The van der Waals surface area contributed by atoms with Crippen LogP contribution in [0.2, 0.25) is 0 Å². The van der Waals surface area contributed by atoms with Crippen LogP contribution in [0.3, 0.4) is 0 Å². The van der Waals surface area contributed by atoms with E-state index in [1.807, 2.05) is 13.8 Å². The molecule has 146 valence electrons. The Hall–Kier alpha value is -2.46. The molecule has 2 fully saturated rings. The fourth-order valence-electron chi connectivity index (χ4n) is 3.14. The van der Waals surface area contributed by atoms with Crippen molar-refractivity contribution in [1.82, 2.24) is 20.1 Å². The summed E-state index contributed by atoms with van der Waals surface area (Å²) in [6, 6.07) is 4.37. The number of hydrogen-bond donors (Lipinski definition) is 2. The minimum Gasteiger partial charge on any atom is -0.275 e. The molecular formula is C17H22N4O5S. The van der Waals surface area contributed by atoms with Gasteiger partial charge in [-0.3, -0.25) is 20.3 Å². The van der Waals surface area contributed by atoms with Crippen molar-refractivity contribution in [2.45, 2.75) is 31.6 Å². The third-order valence-electron chi connectivity index (χ3n) is 4.98. The highest BCUT2D eigenvalue weighted by Crippen LogP contribution is 2.25. The number of nitrogens with one attached hydrogen (secondary N) is 2. The van der Waals surface area contributed by atoms with E-state index in [-0.39, 0.29) is 30.4 Å². The van der Waals surface area contributed by atoms with Crippen molar-refractivity contribution in [2.24, 2.45) is 5.92 Å². The van der Waals surface area contributed by atoms with Gasteiger partial charge in [0.25, 0.3) is 0 Å². The molecular weight excluding hydrogens is 372 g/mol. The van der Waals surface area contributed by atoms with Crippen LogP contribution in [0.15, 0.2) is 23.1 Å². The highest BCUT2D eigenvalue weighted by Gasteiger charge is 2.34. The normalized spacial score (nSPS) is 19.3. The maximum absolute atomic E-state index is 12.8. The van der Waals surface area contributed by atoms with Crippen LogP contribution >= 0.6 is 0 Å². The Bertz CT molecular complexity index is 891. The average Bonchev–Trinajstić information content (AvgIpc) is 2.94. The molecule has 10 heteroatoms. The Morgan fingerprint density at radius 1 is 1.15 bits per heavy atom. The van der Waals surface area contributed by atoms with Gasteiger partial charge >= 0.3 is 6.03 Å². The summed E-state index contributed by atoms with van der Waals surface area (Å²) in [6.45, 7) is 4.01. The second kappa shape index (κ2) is 7.28. The average molecular weight is 394 g/mol. The van der Waals surface area contributed by atoms with Crippen molar-refractivity contribution < 1.29 is 22.8 Å². The number of nitrogens with zero attached hydrogens (tertiary/aromatic N) is 2. The SMILES string of the molecule is Cc1ccc(S(=O)(=O)N2CCC(C(=O)NN3CC(=O)NC3=O)CC2)cc1C. The molecule has 0 aromatic heterocycles. The van der Waals surface area contributed by atoms with Gasteiger partial charge < -0.3 is 0 Å². The number of amides is 4. The van der Waals surface area contributed by atoms with Gasteiger partial charge in [0, 0.05) is 19.0 Å². The van der Waals surface area contributed by atoms with Gasteiger partial charge in [0.1, 0.15) is 6.54 Å². The molecule has 0 radical (unpaired) electrons. The number of hydrogen-bond acceptors (Lipinski definition) is 5. The quantitative estimate of drug-likeness (QED) is 0.712. The summed E-state index contributed by atoms with van der Waals surface area (Å²) in [6.07, 6.45) is 0.693. The Morgan fingerprint density at radius 3 is 2.37 bits per heavy atom. The lowest BCUT2D eigenvalue weighted by molar-refractivity contribution is -0.130. The van der Waals surface area contributed by atoms with E-state index in [1.165, 1.54) is 4.31 Å². The van der Waals surface area contributed by atoms with Gasteiger partial charge in [-0.1, -0.05) is 6.07 Å². The fourth-order valence-corrected chi connectivity index (χ4v) is 4.69. The second-order valence-electron chi connectivity index (χ2n) is 6.84. The van der Waals surface area contributed by atoms with E-state index in [9.17, 15) is 22.8 Å². The summed E-state index contributed by atoms with van der Waals surface area (Å²) < 4.78 is 27.0. The number of hydrazine groups is 1. The molecule has 2 aliphatic heterocycles. The maximum atomic E-state index is 12.8. The van der Waals surface area contributed by atoms with Gasteiger partial charge in [-0.15, -0.1) is 0 Å². The van der Waals surface area contributed by atoms with Gasteiger partial charge in [-0.05, 0) is 49.9 Å². The number of piperidine rings is 1. The molecule has 1 aromatic carbocycles. The molecule has 27 heavy (non-hydrogen) atoms. The summed E-state index contributed by atoms with van der Waals surface area (Å²) in [5.74, 6) is -1.28. The van der Waals surface area contributed by atoms with Crippen LogP contribution in [0.25, 0.3) is 0 Å². The van der Waals surface area contributed by atoms with Crippen LogP contribution in [-0.2, 0) is 19.6 Å². The molecule has 2 N–H and O–H groups in total. The number of carbonyl (C=O) groups excluding carboxylic acids is 3.